The van der Waals surface area contributed by atoms with Gasteiger partial charge in [-0.2, -0.15) is 0 Å². The van der Waals surface area contributed by atoms with Crippen molar-refractivity contribution in [2.24, 2.45) is 5.73 Å². The Bertz CT molecular complexity index is 326. The van der Waals surface area contributed by atoms with E-state index in [0.717, 1.165) is 5.56 Å². The van der Waals surface area contributed by atoms with Crippen LogP contribution < -0.4 is 11.1 Å². The van der Waals surface area contributed by atoms with Gasteiger partial charge in [0.05, 0.1) is 17.7 Å². The number of nitrogens with one attached hydrogen (secondary N) is 1. The number of hydrogen-bond donors (Lipinski definition) is 3. The van der Waals surface area contributed by atoms with Crippen LogP contribution in [-0.4, -0.2) is 23.2 Å². The highest BCUT2D eigenvalue weighted by Crippen LogP contribution is 2.14. The van der Waals surface area contributed by atoms with E-state index < -0.39 is 11.1 Å². The molecule has 0 saturated carbocycles. The summed E-state index contributed by atoms with van der Waals surface area (Å²) >= 11 is 0. The number of benzene rings is 1. The van der Waals surface area contributed by atoms with E-state index >= 15 is 0 Å². The van der Waals surface area contributed by atoms with Crippen LogP contribution in [0.25, 0.3) is 0 Å². The highest BCUT2D eigenvalue weighted by Gasteiger charge is 2.08. The first kappa shape index (κ1) is 11.6. The van der Waals surface area contributed by atoms with Gasteiger partial charge in [-0.1, -0.05) is 0 Å². The third-order valence-corrected chi connectivity index (χ3v) is 1.94. The van der Waals surface area contributed by atoms with Gasteiger partial charge < -0.3 is 10.8 Å². The molecule has 0 saturated heterocycles. The molecule has 0 aliphatic rings. The number of nitrogens with two attached hydrogens (primary N) is 1. The van der Waals surface area contributed by atoms with Crippen LogP contribution >= 0.6 is 0 Å². The standard InChI is InChI=1S/C9H13N3O3/c10-9(11-5-6-13)7-1-3-8(4-2-7)12(14)15/h1-4,9,11,13H,5-6,10H2. The maximum atomic E-state index is 10.4. The van der Waals surface area contributed by atoms with Gasteiger partial charge in [0.2, 0.25) is 0 Å². The van der Waals surface area contributed by atoms with Gasteiger partial charge in [0.25, 0.3) is 5.69 Å². The Morgan fingerprint density at radius 2 is 2.07 bits per heavy atom. The minimum absolute atomic E-state index is 0.000676. The highest BCUT2D eigenvalue weighted by molar-refractivity contribution is 5.33. The van der Waals surface area contributed by atoms with Crippen molar-refractivity contribution < 1.29 is 10.0 Å². The van der Waals surface area contributed by atoms with Gasteiger partial charge in [0, 0.05) is 18.7 Å². The Kier molecular flexibility index (Phi) is 4.17. The first-order valence-electron chi connectivity index (χ1n) is 4.49. The molecule has 0 aliphatic carbocycles. The highest BCUT2D eigenvalue weighted by atomic mass is 16.6. The summed E-state index contributed by atoms with van der Waals surface area (Å²) in [5.74, 6) is 0. The first-order chi connectivity index (χ1) is 7.15. The zero-order valence-corrected chi connectivity index (χ0v) is 8.09. The fraction of sp³-hybridized carbons (Fsp3) is 0.333. The maximum absolute atomic E-state index is 10.4. The van der Waals surface area contributed by atoms with E-state index in [1.54, 1.807) is 12.1 Å². The molecule has 0 aliphatic heterocycles. The van der Waals surface area contributed by atoms with Crippen molar-refractivity contribution in [1.82, 2.24) is 5.32 Å². The molecule has 15 heavy (non-hydrogen) atoms. The molecule has 0 spiro atoms. The minimum Gasteiger partial charge on any atom is -0.395 e. The van der Waals surface area contributed by atoms with Crippen molar-refractivity contribution in [2.45, 2.75) is 6.17 Å². The number of rotatable bonds is 5. The molecule has 6 heteroatoms. The largest absolute Gasteiger partial charge is 0.395 e. The Morgan fingerprint density at radius 3 is 2.53 bits per heavy atom. The zero-order chi connectivity index (χ0) is 11.3. The summed E-state index contributed by atoms with van der Waals surface area (Å²) in [5.41, 5.74) is 6.49. The molecule has 1 atom stereocenters. The van der Waals surface area contributed by atoms with Crippen LogP contribution in [0.4, 0.5) is 5.69 Å². The number of nitro groups is 1. The van der Waals surface area contributed by atoms with Crippen molar-refractivity contribution in [3.8, 4) is 0 Å². The maximum Gasteiger partial charge on any atom is 0.269 e. The summed E-state index contributed by atoms with van der Waals surface area (Å²) in [7, 11) is 0. The predicted octanol–water partition coefficient (Wildman–Crippen LogP) is 0.134. The van der Waals surface area contributed by atoms with Crippen LogP contribution in [-0.2, 0) is 0 Å². The number of non-ortho nitro benzene ring substituents is 1. The van der Waals surface area contributed by atoms with Gasteiger partial charge in [-0.25, -0.2) is 0 Å². The Labute approximate surface area is 86.9 Å². The molecule has 4 N–H and O–H groups in total. The summed E-state index contributed by atoms with van der Waals surface area (Å²) in [6.45, 7) is 0.388. The van der Waals surface area contributed by atoms with E-state index in [-0.39, 0.29) is 12.3 Å². The van der Waals surface area contributed by atoms with Crippen LogP contribution in [0, 0.1) is 10.1 Å². The Balaban J connectivity index is 2.66. The first-order valence-corrected chi connectivity index (χ1v) is 4.49. The second kappa shape index (κ2) is 5.40. The molecule has 0 radical (unpaired) electrons. The van der Waals surface area contributed by atoms with Gasteiger partial charge in [-0.05, 0) is 17.7 Å². The number of nitrogens with zero attached hydrogens (tertiary/aromatic N) is 1. The van der Waals surface area contributed by atoms with E-state index in [1.165, 1.54) is 12.1 Å². The quantitative estimate of drug-likeness (QED) is 0.365. The van der Waals surface area contributed by atoms with Gasteiger partial charge in [-0.15, -0.1) is 0 Å². The van der Waals surface area contributed by atoms with E-state index in [2.05, 4.69) is 5.32 Å². The van der Waals surface area contributed by atoms with Crippen LogP contribution in [0.2, 0.25) is 0 Å². The van der Waals surface area contributed by atoms with E-state index in [4.69, 9.17) is 10.8 Å². The Hall–Kier alpha value is -1.50. The molecule has 1 unspecified atom stereocenters. The van der Waals surface area contributed by atoms with Crippen molar-refractivity contribution in [1.29, 1.82) is 0 Å². The van der Waals surface area contributed by atoms with Gasteiger partial charge in [-0.3, -0.25) is 15.4 Å². The summed E-state index contributed by atoms with van der Waals surface area (Å²) in [6, 6.07) is 5.98. The molecule has 82 valence electrons. The summed E-state index contributed by atoms with van der Waals surface area (Å²) in [5, 5.41) is 21.8. The van der Waals surface area contributed by atoms with Crippen molar-refractivity contribution in [3.63, 3.8) is 0 Å². The van der Waals surface area contributed by atoms with Crippen LogP contribution in [0.15, 0.2) is 24.3 Å². The molecule has 0 amide bonds. The average Bonchev–Trinajstić information content (AvgIpc) is 2.26. The van der Waals surface area contributed by atoms with Crippen molar-refractivity contribution in [2.75, 3.05) is 13.2 Å². The lowest BCUT2D eigenvalue weighted by molar-refractivity contribution is -0.384. The lowest BCUT2D eigenvalue weighted by Gasteiger charge is -2.12. The van der Waals surface area contributed by atoms with E-state index in [1.807, 2.05) is 0 Å². The van der Waals surface area contributed by atoms with Crippen LogP contribution in [0.3, 0.4) is 0 Å². The fourth-order valence-electron chi connectivity index (χ4n) is 1.14. The van der Waals surface area contributed by atoms with Crippen molar-refractivity contribution >= 4 is 5.69 Å². The second-order valence-corrected chi connectivity index (χ2v) is 3.00. The second-order valence-electron chi connectivity index (χ2n) is 3.00. The molecule has 1 aromatic rings. The fourth-order valence-corrected chi connectivity index (χ4v) is 1.14. The molecule has 0 heterocycles. The number of hydrogen-bond acceptors (Lipinski definition) is 5. The minimum atomic E-state index is -0.462. The number of nitro benzene ring substituents is 1. The molecule has 0 bridgehead atoms. The summed E-state index contributed by atoms with van der Waals surface area (Å²) in [6.07, 6.45) is -0.419. The molecule has 1 aromatic carbocycles. The van der Waals surface area contributed by atoms with Crippen molar-refractivity contribution in [3.05, 3.63) is 39.9 Å². The van der Waals surface area contributed by atoms with E-state index in [9.17, 15) is 10.1 Å². The predicted molar refractivity (Wildman–Crippen MR) is 55.1 cm³/mol. The Morgan fingerprint density at radius 1 is 1.47 bits per heavy atom. The molecular weight excluding hydrogens is 198 g/mol. The van der Waals surface area contributed by atoms with E-state index in [0.29, 0.717) is 6.54 Å². The smallest absolute Gasteiger partial charge is 0.269 e. The normalized spacial score (nSPS) is 12.4. The summed E-state index contributed by atoms with van der Waals surface area (Å²) in [4.78, 5) is 9.92. The molecule has 0 fully saturated rings. The zero-order valence-electron chi connectivity index (χ0n) is 8.09. The summed E-state index contributed by atoms with van der Waals surface area (Å²) < 4.78 is 0. The van der Waals surface area contributed by atoms with Gasteiger partial charge in [0.1, 0.15) is 0 Å². The third kappa shape index (κ3) is 3.28. The van der Waals surface area contributed by atoms with Gasteiger partial charge in [0.15, 0.2) is 0 Å². The number of aliphatic hydroxyl groups is 1. The monoisotopic (exact) mass is 211 g/mol. The average molecular weight is 211 g/mol. The molecule has 0 aromatic heterocycles. The lowest BCUT2D eigenvalue weighted by Crippen LogP contribution is -2.30. The number of aliphatic hydroxyl groups excluding tert-OH is 1. The van der Waals surface area contributed by atoms with Gasteiger partial charge >= 0.3 is 0 Å². The SMILES string of the molecule is NC(NCCO)c1ccc([N+](=O)[O-])cc1. The van der Waals surface area contributed by atoms with Crippen LogP contribution in [0.5, 0.6) is 0 Å². The topological polar surface area (TPSA) is 101 Å². The van der Waals surface area contributed by atoms with Crippen LogP contribution in [0.1, 0.15) is 11.7 Å². The molecule has 6 nitrogen and oxygen atoms in total. The molecular formula is C9H13N3O3. The third-order valence-electron chi connectivity index (χ3n) is 1.94. The molecule has 1 rings (SSSR count). The lowest BCUT2D eigenvalue weighted by atomic mass is 10.1.